The fourth-order valence-corrected chi connectivity index (χ4v) is 2.35. The van der Waals surface area contributed by atoms with Gasteiger partial charge in [-0.05, 0) is 49.8 Å². The van der Waals surface area contributed by atoms with E-state index in [0.717, 1.165) is 44.5 Å². The Morgan fingerprint density at radius 1 is 1.44 bits per heavy atom. The number of allylic oxidation sites excluding steroid dienone is 1. The van der Waals surface area contributed by atoms with E-state index in [1.165, 1.54) is 11.1 Å². The monoisotopic (exact) mass is 246 g/mol. The Morgan fingerprint density at radius 2 is 2.28 bits per heavy atom. The van der Waals surface area contributed by atoms with Gasteiger partial charge in [0.25, 0.3) is 0 Å². The highest BCUT2D eigenvalue weighted by Gasteiger charge is 2.19. The molecule has 1 aliphatic rings. The van der Waals surface area contributed by atoms with Crippen LogP contribution in [0.1, 0.15) is 37.3 Å². The van der Waals surface area contributed by atoms with Crippen molar-refractivity contribution >= 4 is 0 Å². The van der Waals surface area contributed by atoms with Crippen molar-refractivity contribution in [2.24, 2.45) is 0 Å². The first kappa shape index (κ1) is 13.2. The first-order chi connectivity index (χ1) is 8.61. The van der Waals surface area contributed by atoms with Gasteiger partial charge in [-0.2, -0.15) is 0 Å². The number of aliphatic hydroxyl groups is 1. The normalized spacial score (nSPS) is 16.8. The molecule has 98 valence electrons. The SMILES string of the molecule is C=CCCC(C)(O)CCc1ccc2c(c1)CCO2. The zero-order chi connectivity index (χ0) is 13.0. The number of benzene rings is 1. The van der Waals surface area contributed by atoms with Gasteiger partial charge in [0, 0.05) is 6.42 Å². The lowest BCUT2D eigenvalue weighted by molar-refractivity contribution is 0.0433. The average Bonchev–Trinajstić information content (AvgIpc) is 2.81. The minimum Gasteiger partial charge on any atom is -0.493 e. The van der Waals surface area contributed by atoms with Crippen LogP contribution in [0.4, 0.5) is 0 Å². The third-order valence-corrected chi connectivity index (χ3v) is 3.59. The van der Waals surface area contributed by atoms with E-state index < -0.39 is 5.60 Å². The van der Waals surface area contributed by atoms with Gasteiger partial charge in [0.2, 0.25) is 0 Å². The van der Waals surface area contributed by atoms with Crippen LogP contribution in [0.3, 0.4) is 0 Å². The molecular formula is C16H22O2. The van der Waals surface area contributed by atoms with Crippen molar-refractivity contribution in [2.75, 3.05) is 6.61 Å². The van der Waals surface area contributed by atoms with Crippen molar-refractivity contribution in [3.8, 4) is 5.75 Å². The molecule has 0 radical (unpaired) electrons. The summed E-state index contributed by atoms with van der Waals surface area (Å²) in [6.45, 7) is 6.41. The molecule has 1 N–H and O–H groups in total. The molecule has 18 heavy (non-hydrogen) atoms. The zero-order valence-electron chi connectivity index (χ0n) is 11.1. The molecule has 1 aromatic carbocycles. The van der Waals surface area contributed by atoms with Crippen molar-refractivity contribution in [2.45, 2.75) is 44.6 Å². The third-order valence-electron chi connectivity index (χ3n) is 3.59. The van der Waals surface area contributed by atoms with E-state index in [1.54, 1.807) is 0 Å². The lowest BCUT2D eigenvalue weighted by atomic mass is 9.92. The second-order valence-corrected chi connectivity index (χ2v) is 5.36. The summed E-state index contributed by atoms with van der Waals surface area (Å²) in [5.41, 5.74) is 2.00. The number of fused-ring (bicyclic) bond motifs is 1. The minimum atomic E-state index is -0.594. The zero-order valence-corrected chi connectivity index (χ0v) is 11.1. The van der Waals surface area contributed by atoms with Crippen molar-refractivity contribution < 1.29 is 9.84 Å². The maximum Gasteiger partial charge on any atom is 0.122 e. The largest absolute Gasteiger partial charge is 0.493 e. The number of aryl methyl sites for hydroxylation is 1. The predicted molar refractivity (Wildman–Crippen MR) is 74.0 cm³/mol. The van der Waals surface area contributed by atoms with E-state index >= 15 is 0 Å². The highest BCUT2D eigenvalue weighted by Crippen LogP contribution is 2.27. The maximum atomic E-state index is 10.2. The number of ether oxygens (including phenoxy) is 1. The molecule has 1 atom stereocenters. The molecule has 1 aromatic rings. The molecule has 1 heterocycles. The molecule has 0 saturated heterocycles. The van der Waals surface area contributed by atoms with E-state index in [-0.39, 0.29) is 0 Å². The van der Waals surface area contributed by atoms with Crippen LogP contribution in [0.2, 0.25) is 0 Å². The molecule has 0 fully saturated rings. The highest BCUT2D eigenvalue weighted by molar-refractivity contribution is 5.39. The molecule has 2 rings (SSSR count). The molecular weight excluding hydrogens is 224 g/mol. The summed E-state index contributed by atoms with van der Waals surface area (Å²) in [6, 6.07) is 6.37. The van der Waals surface area contributed by atoms with E-state index in [4.69, 9.17) is 4.74 Å². The summed E-state index contributed by atoms with van der Waals surface area (Å²) < 4.78 is 5.49. The number of rotatable bonds is 6. The smallest absolute Gasteiger partial charge is 0.122 e. The van der Waals surface area contributed by atoms with Crippen molar-refractivity contribution in [3.05, 3.63) is 42.0 Å². The number of hydrogen-bond donors (Lipinski definition) is 1. The van der Waals surface area contributed by atoms with Crippen molar-refractivity contribution in [1.29, 1.82) is 0 Å². The van der Waals surface area contributed by atoms with Gasteiger partial charge in [0.1, 0.15) is 5.75 Å². The van der Waals surface area contributed by atoms with Crippen LogP contribution in [0.5, 0.6) is 5.75 Å². The Labute approximate surface area is 109 Å². The van der Waals surface area contributed by atoms with Gasteiger partial charge in [-0.3, -0.25) is 0 Å². The van der Waals surface area contributed by atoms with Crippen LogP contribution >= 0.6 is 0 Å². The number of hydrogen-bond acceptors (Lipinski definition) is 2. The predicted octanol–water partition coefficient (Wildman–Crippen LogP) is 3.27. The molecule has 2 nitrogen and oxygen atoms in total. The molecule has 1 aliphatic heterocycles. The Kier molecular flexibility index (Phi) is 4.07. The summed E-state index contributed by atoms with van der Waals surface area (Å²) in [5, 5.41) is 10.2. The van der Waals surface area contributed by atoms with E-state index in [1.807, 2.05) is 13.0 Å². The van der Waals surface area contributed by atoms with Gasteiger partial charge in [0.05, 0.1) is 12.2 Å². The standard InChI is InChI=1S/C16H22O2/c1-3-4-9-16(2,17)10-7-13-5-6-15-14(12-13)8-11-18-15/h3,5-6,12,17H,1,4,7-11H2,2H3. The van der Waals surface area contributed by atoms with Gasteiger partial charge in [-0.25, -0.2) is 0 Å². The Hall–Kier alpha value is -1.28. The van der Waals surface area contributed by atoms with Crippen LogP contribution in [-0.2, 0) is 12.8 Å². The van der Waals surface area contributed by atoms with Crippen molar-refractivity contribution in [1.82, 2.24) is 0 Å². The van der Waals surface area contributed by atoms with Gasteiger partial charge in [-0.15, -0.1) is 6.58 Å². The fraction of sp³-hybridized carbons (Fsp3) is 0.500. The van der Waals surface area contributed by atoms with Crippen LogP contribution in [0.25, 0.3) is 0 Å². The summed E-state index contributed by atoms with van der Waals surface area (Å²) >= 11 is 0. The van der Waals surface area contributed by atoms with Gasteiger partial charge >= 0.3 is 0 Å². The summed E-state index contributed by atoms with van der Waals surface area (Å²) in [5.74, 6) is 1.03. The minimum absolute atomic E-state index is 0.594. The molecule has 0 aromatic heterocycles. The quantitative estimate of drug-likeness (QED) is 0.781. The van der Waals surface area contributed by atoms with Crippen LogP contribution in [0, 0.1) is 0 Å². The molecule has 1 unspecified atom stereocenters. The van der Waals surface area contributed by atoms with E-state index in [2.05, 4.69) is 24.8 Å². The maximum absolute atomic E-state index is 10.2. The first-order valence-electron chi connectivity index (χ1n) is 6.69. The summed E-state index contributed by atoms with van der Waals surface area (Å²) in [7, 11) is 0. The molecule has 0 amide bonds. The Bertz CT molecular complexity index is 421. The third kappa shape index (κ3) is 3.36. The van der Waals surface area contributed by atoms with Crippen molar-refractivity contribution in [3.63, 3.8) is 0 Å². The Morgan fingerprint density at radius 3 is 3.06 bits per heavy atom. The Balaban J connectivity index is 1.92. The second-order valence-electron chi connectivity index (χ2n) is 5.36. The van der Waals surface area contributed by atoms with E-state index in [9.17, 15) is 5.11 Å². The molecule has 0 aliphatic carbocycles. The highest BCUT2D eigenvalue weighted by atomic mass is 16.5. The molecule has 0 bridgehead atoms. The fourth-order valence-electron chi connectivity index (χ4n) is 2.35. The van der Waals surface area contributed by atoms with E-state index in [0.29, 0.717) is 0 Å². The van der Waals surface area contributed by atoms with Crippen LogP contribution in [-0.4, -0.2) is 17.3 Å². The van der Waals surface area contributed by atoms with Crippen LogP contribution in [0.15, 0.2) is 30.9 Å². The molecule has 0 spiro atoms. The lowest BCUT2D eigenvalue weighted by Crippen LogP contribution is -2.24. The van der Waals surface area contributed by atoms with Gasteiger partial charge in [0.15, 0.2) is 0 Å². The molecule has 0 saturated carbocycles. The second kappa shape index (κ2) is 5.57. The van der Waals surface area contributed by atoms with Gasteiger partial charge in [-0.1, -0.05) is 18.2 Å². The summed E-state index contributed by atoms with van der Waals surface area (Å²) in [4.78, 5) is 0. The topological polar surface area (TPSA) is 29.5 Å². The lowest BCUT2D eigenvalue weighted by Gasteiger charge is -2.22. The first-order valence-corrected chi connectivity index (χ1v) is 6.69. The molecule has 2 heteroatoms. The van der Waals surface area contributed by atoms with Crippen LogP contribution < -0.4 is 4.74 Å². The average molecular weight is 246 g/mol. The van der Waals surface area contributed by atoms with Gasteiger partial charge < -0.3 is 9.84 Å². The summed E-state index contributed by atoms with van der Waals surface area (Å²) in [6.07, 6.45) is 6.23.